The summed E-state index contributed by atoms with van der Waals surface area (Å²) in [7, 11) is 0. The lowest BCUT2D eigenvalue weighted by atomic mass is 10.0. The Kier molecular flexibility index (Phi) is 3.63. The van der Waals surface area contributed by atoms with Crippen molar-refractivity contribution in [3.63, 3.8) is 0 Å². The van der Waals surface area contributed by atoms with Gasteiger partial charge in [-0.25, -0.2) is 4.79 Å². The van der Waals surface area contributed by atoms with Crippen LogP contribution >= 0.6 is 0 Å². The number of ether oxygens (including phenoxy) is 1. The zero-order chi connectivity index (χ0) is 14.9. The van der Waals surface area contributed by atoms with Crippen molar-refractivity contribution in [1.29, 1.82) is 0 Å². The second kappa shape index (κ2) is 5.09. The molecule has 7 heteroatoms. The highest BCUT2D eigenvalue weighted by molar-refractivity contribution is 5.95. The highest BCUT2D eigenvalue weighted by Gasteiger charge is 2.33. The van der Waals surface area contributed by atoms with E-state index in [1.54, 1.807) is 11.0 Å². The number of nitrogens with zero attached hydrogens (tertiary/aromatic N) is 2. The third-order valence-corrected chi connectivity index (χ3v) is 3.19. The molecule has 108 valence electrons. The van der Waals surface area contributed by atoms with Gasteiger partial charge in [-0.1, -0.05) is 6.07 Å². The van der Waals surface area contributed by atoms with Crippen LogP contribution in [0.3, 0.4) is 0 Å². The Balaban J connectivity index is 2.48. The van der Waals surface area contributed by atoms with E-state index in [0.29, 0.717) is 25.4 Å². The molecule has 1 aliphatic heterocycles. The minimum Gasteiger partial charge on any atom is -0.477 e. The molecule has 1 aromatic rings. The number of carboxylic acid groups (broad SMARTS) is 1. The molecule has 1 aromatic carbocycles. The molecule has 7 nitrogen and oxygen atoms in total. The predicted octanol–water partition coefficient (Wildman–Crippen LogP) is 1.91. The number of aromatic carboxylic acids is 1. The van der Waals surface area contributed by atoms with Crippen LogP contribution in [0.1, 0.15) is 24.2 Å². The van der Waals surface area contributed by atoms with Crippen molar-refractivity contribution in [2.24, 2.45) is 0 Å². The maximum absolute atomic E-state index is 11.2. The van der Waals surface area contributed by atoms with Crippen LogP contribution in [-0.4, -0.2) is 41.3 Å². The Morgan fingerprint density at radius 3 is 2.75 bits per heavy atom. The van der Waals surface area contributed by atoms with Crippen LogP contribution in [-0.2, 0) is 4.74 Å². The molecule has 1 heterocycles. The molecular formula is C13H16N2O5. The Morgan fingerprint density at radius 1 is 1.50 bits per heavy atom. The molecule has 0 amide bonds. The maximum atomic E-state index is 11.2. The van der Waals surface area contributed by atoms with Crippen LogP contribution in [0.5, 0.6) is 0 Å². The largest absolute Gasteiger partial charge is 0.477 e. The van der Waals surface area contributed by atoms with Gasteiger partial charge in [0.25, 0.3) is 0 Å². The lowest BCUT2D eigenvalue weighted by Crippen LogP contribution is -2.48. The monoisotopic (exact) mass is 280 g/mol. The number of hydrogen-bond donors (Lipinski definition) is 1. The summed E-state index contributed by atoms with van der Waals surface area (Å²) in [6.07, 6.45) is 0. The Bertz CT molecular complexity index is 556. The second-order valence-corrected chi connectivity index (χ2v) is 5.27. The van der Waals surface area contributed by atoms with E-state index in [4.69, 9.17) is 9.84 Å². The second-order valence-electron chi connectivity index (χ2n) is 5.27. The topological polar surface area (TPSA) is 92.9 Å². The van der Waals surface area contributed by atoms with Gasteiger partial charge in [-0.2, -0.15) is 0 Å². The molecule has 2 rings (SSSR count). The molecule has 0 bridgehead atoms. The van der Waals surface area contributed by atoms with Crippen molar-refractivity contribution in [2.45, 2.75) is 19.4 Å². The van der Waals surface area contributed by atoms with Gasteiger partial charge >= 0.3 is 11.7 Å². The van der Waals surface area contributed by atoms with E-state index < -0.39 is 16.5 Å². The average Bonchev–Trinajstić information content (AvgIpc) is 2.36. The van der Waals surface area contributed by atoms with E-state index in [-0.39, 0.29) is 11.3 Å². The summed E-state index contributed by atoms with van der Waals surface area (Å²) >= 11 is 0. The molecule has 0 radical (unpaired) electrons. The first-order valence-electron chi connectivity index (χ1n) is 6.21. The van der Waals surface area contributed by atoms with Gasteiger partial charge in [0.15, 0.2) is 0 Å². The molecule has 0 spiro atoms. The molecule has 1 aliphatic rings. The summed E-state index contributed by atoms with van der Waals surface area (Å²) in [6, 6.07) is 4.34. The van der Waals surface area contributed by atoms with Gasteiger partial charge in [0, 0.05) is 13.1 Å². The molecule has 1 saturated heterocycles. The molecule has 0 atom stereocenters. The number of morpholine rings is 1. The van der Waals surface area contributed by atoms with Crippen LogP contribution in [0.2, 0.25) is 0 Å². The Morgan fingerprint density at radius 2 is 2.20 bits per heavy atom. The number of para-hydroxylation sites is 1. The first-order chi connectivity index (χ1) is 9.32. The van der Waals surface area contributed by atoms with Crippen molar-refractivity contribution in [1.82, 2.24) is 0 Å². The summed E-state index contributed by atoms with van der Waals surface area (Å²) < 4.78 is 5.57. The van der Waals surface area contributed by atoms with Crippen LogP contribution in [0.4, 0.5) is 11.4 Å². The van der Waals surface area contributed by atoms with Gasteiger partial charge in [-0.15, -0.1) is 0 Å². The van der Waals surface area contributed by atoms with Crippen LogP contribution < -0.4 is 4.90 Å². The first kappa shape index (κ1) is 14.3. The zero-order valence-corrected chi connectivity index (χ0v) is 11.3. The number of hydrogen-bond acceptors (Lipinski definition) is 5. The summed E-state index contributed by atoms with van der Waals surface area (Å²) in [5.41, 5.74) is -0.758. The number of anilines is 1. The molecular weight excluding hydrogens is 264 g/mol. The van der Waals surface area contributed by atoms with Crippen molar-refractivity contribution in [3.05, 3.63) is 33.9 Å². The third kappa shape index (κ3) is 2.72. The summed E-state index contributed by atoms with van der Waals surface area (Å²) in [5.74, 6) is -1.30. The van der Waals surface area contributed by atoms with Gasteiger partial charge in [0.05, 0.1) is 17.1 Å². The SMILES string of the molecule is CC1(C)CN(c2cccc(C(=O)O)c2[N+](=O)[O-])CCO1. The molecule has 0 aliphatic carbocycles. The lowest BCUT2D eigenvalue weighted by molar-refractivity contribution is -0.384. The molecule has 20 heavy (non-hydrogen) atoms. The van der Waals surface area contributed by atoms with Crippen LogP contribution in [0.15, 0.2) is 18.2 Å². The smallest absolute Gasteiger partial charge is 0.342 e. The number of carboxylic acids is 1. The normalized spacial score (nSPS) is 17.8. The standard InChI is InChI=1S/C13H16N2O5/c1-13(2)8-14(6-7-20-13)10-5-3-4-9(12(16)17)11(10)15(18)19/h3-5H,6-8H2,1-2H3,(H,16,17). The van der Waals surface area contributed by atoms with Gasteiger partial charge < -0.3 is 14.7 Å². The number of carbonyl (C=O) groups is 1. The number of benzene rings is 1. The van der Waals surface area contributed by atoms with Gasteiger partial charge in [-0.3, -0.25) is 10.1 Å². The van der Waals surface area contributed by atoms with Crippen molar-refractivity contribution >= 4 is 17.3 Å². The fourth-order valence-corrected chi connectivity index (χ4v) is 2.37. The number of nitro benzene ring substituents is 1. The quantitative estimate of drug-likeness (QED) is 0.671. The van der Waals surface area contributed by atoms with E-state index in [0.717, 1.165) is 0 Å². The molecule has 1 N–H and O–H groups in total. The third-order valence-electron chi connectivity index (χ3n) is 3.19. The maximum Gasteiger partial charge on any atom is 0.342 e. The van der Waals surface area contributed by atoms with Crippen molar-refractivity contribution in [2.75, 3.05) is 24.6 Å². The van der Waals surface area contributed by atoms with Crippen molar-refractivity contribution in [3.8, 4) is 0 Å². The fraction of sp³-hybridized carbons (Fsp3) is 0.462. The van der Waals surface area contributed by atoms with Gasteiger partial charge in [-0.05, 0) is 26.0 Å². The average molecular weight is 280 g/mol. The van der Waals surface area contributed by atoms with E-state index in [2.05, 4.69) is 0 Å². The highest BCUT2D eigenvalue weighted by atomic mass is 16.6. The van der Waals surface area contributed by atoms with E-state index in [9.17, 15) is 14.9 Å². The van der Waals surface area contributed by atoms with Crippen molar-refractivity contribution < 1.29 is 19.6 Å². The minimum absolute atomic E-state index is 0.295. The molecule has 0 saturated carbocycles. The zero-order valence-electron chi connectivity index (χ0n) is 11.3. The van der Waals surface area contributed by atoms with E-state index >= 15 is 0 Å². The molecule has 1 fully saturated rings. The number of nitro groups is 1. The molecule has 0 aromatic heterocycles. The van der Waals surface area contributed by atoms with Gasteiger partial charge in [0.2, 0.25) is 0 Å². The van der Waals surface area contributed by atoms with Gasteiger partial charge in [0.1, 0.15) is 11.3 Å². The predicted molar refractivity (Wildman–Crippen MR) is 72.3 cm³/mol. The Hall–Kier alpha value is -2.15. The molecule has 0 unspecified atom stereocenters. The Labute approximate surface area is 115 Å². The van der Waals surface area contributed by atoms with Crippen LogP contribution in [0.25, 0.3) is 0 Å². The van der Waals surface area contributed by atoms with E-state index in [1.165, 1.54) is 12.1 Å². The summed E-state index contributed by atoms with van der Waals surface area (Å²) in [5, 5.41) is 20.3. The fourth-order valence-electron chi connectivity index (χ4n) is 2.37. The minimum atomic E-state index is -1.30. The summed E-state index contributed by atoms with van der Waals surface area (Å²) in [4.78, 5) is 23.5. The van der Waals surface area contributed by atoms with E-state index in [1.807, 2.05) is 13.8 Å². The lowest BCUT2D eigenvalue weighted by Gasteiger charge is -2.39. The number of rotatable bonds is 3. The summed E-state index contributed by atoms with van der Waals surface area (Å²) in [6.45, 7) is 5.20. The highest BCUT2D eigenvalue weighted by Crippen LogP contribution is 2.34. The van der Waals surface area contributed by atoms with Crippen LogP contribution in [0, 0.1) is 10.1 Å². The first-order valence-corrected chi connectivity index (χ1v) is 6.21.